The van der Waals surface area contributed by atoms with Gasteiger partial charge in [-0.3, -0.25) is 4.79 Å². The summed E-state index contributed by atoms with van der Waals surface area (Å²) in [5.41, 5.74) is 1.30. The lowest BCUT2D eigenvalue weighted by Crippen LogP contribution is -3.11. The maximum absolute atomic E-state index is 14.1. The summed E-state index contributed by atoms with van der Waals surface area (Å²) in [6.45, 7) is 9.44. The molecule has 1 aliphatic heterocycles. The van der Waals surface area contributed by atoms with Gasteiger partial charge in [0.2, 0.25) is 11.2 Å². The van der Waals surface area contributed by atoms with Crippen LogP contribution in [0.5, 0.6) is 17.2 Å². The Morgan fingerprint density at radius 3 is 2.47 bits per heavy atom. The predicted octanol–water partition coefficient (Wildman–Crippen LogP) is 5.05. The Bertz CT molecular complexity index is 1290. The number of quaternary nitrogens is 1. The van der Waals surface area contributed by atoms with Gasteiger partial charge in [0.05, 0.1) is 24.0 Å². The van der Waals surface area contributed by atoms with Crippen LogP contribution in [0.2, 0.25) is 0 Å². The van der Waals surface area contributed by atoms with E-state index in [1.807, 2.05) is 13.0 Å². The van der Waals surface area contributed by atoms with E-state index >= 15 is 0 Å². The number of nitrogens with one attached hydrogen (secondary N) is 1. The van der Waals surface area contributed by atoms with Crippen LogP contribution < -0.4 is 15.1 Å². The number of alkyl halides is 3. The summed E-state index contributed by atoms with van der Waals surface area (Å²) in [7, 11) is 0. The van der Waals surface area contributed by atoms with Crippen LogP contribution in [-0.4, -0.2) is 18.2 Å². The maximum atomic E-state index is 14.1. The van der Waals surface area contributed by atoms with Crippen molar-refractivity contribution in [3.8, 4) is 17.2 Å². The summed E-state index contributed by atoms with van der Waals surface area (Å²) in [6, 6.07) is 6.10. The second-order valence-electron chi connectivity index (χ2n) is 9.44. The van der Waals surface area contributed by atoms with E-state index in [0.29, 0.717) is 11.5 Å². The third kappa shape index (κ3) is 4.64. The first-order chi connectivity index (χ1) is 16.0. The summed E-state index contributed by atoms with van der Waals surface area (Å²) >= 11 is 0. The molecule has 8 heteroatoms. The van der Waals surface area contributed by atoms with Gasteiger partial charge < -0.3 is 19.2 Å². The number of ether oxygens (including phenoxy) is 1. The monoisotopic (exact) mass is 476 g/mol. The van der Waals surface area contributed by atoms with Crippen LogP contribution >= 0.6 is 0 Å². The lowest BCUT2D eigenvalue weighted by molar-refractivity contribution is -0.919. The van der Waals surface area contributed by atoms with Crippen LogP contribution in [0.4, 0.5) is 13.2 Å². The van der Waals surface area contributed by atoms with Gasteiger partial charge in [0.25, 0.3) is 5.76 Å². The van der Waals surface area contributed by atoms with E-state index in [1.165, 1.54) is 12.1 Å². The van der Waals surface area contributed by atoms with Crippen LogP contribution in [0.15, 0.2) is 33.5 Å². The molecule has 0 radical (unpaired) electrons. The summed E-state index contributed by atoms with van der Waals surface area (Å²) < 4.78 is 53.2. The molecule has 4 rings (SSSR count). The topological polar surface area (TPSA) is 64.1 Å². The molecule has 2 heterocycles. The van der Waals surface area contributed by atoms with Gasteiger partial charge in [-0.05, 0) is 74.4 Å². The lowest BCUT2D eigenvalue weighted by atomic mass is 9.98. The average Bonchev–Trinajstić information content (AvgIpc) is 2.75. The van der Waals surface area contributed by atoms with Crippen molar-refractivity contribution in [2.24, 2.45) is 5.92 Å². The Labute approximate surface area is 195 Å². The molecule has 34 heavy (non-hydrogen) atoms. The van der Waals surface area contributed by atoms with Gasteiger partial charge >= 0.3 is 6.18 Å². The van der Waals surface area contributed by atoms with Crippen LogP contribution in [0.1, 0.15) is 47.8 Å². The maximum Gasteiger partial charge on any atom is 0.453 e. The van der Waals surface area contributed by atoms with Crippen molar-refractivity contribution in [1.29, 1.82) is 0 Å². The number of fused-ring (bicyclic) bond motifs is 1. The molecule has 0 unspecified atom stereocenters. The predicted molar refractivity (Wildman–Crippen MR) is 123 cm³/mol. The highest BCUT2D eigenvalue weighted by atomic mass is 19.4. The molecule has 0 saturated carbocycles. The molecular weight excluding hydrogens is 447 g/mol. The number of phenols is 1. The van der Waals surface area contributed by atoms with Crippen molar-refractivity contribution >= 4 is 11.0 Å². The Kier molecular flexibility index (Phi) is 6.38. The Hall–Kier alpha value is -3.00. The van der Waals surface area contributed by atoms with Gasteiger partial charge in [0.15, 0.2) is 5.58 Å². The van der Waals surface area contributed by atoms with Gasteiger partial charge in [0.1, 0.15) is 18.0 Å². The number of piperidine rings is 1. The molecule has 182 valence electrons. The molecular formula is C26H29F3NO4+. The third-order valence-electron chi connectivity index (χ3n) is 6.74. The highest BCUT2D eigenvalue weighted by Gasteiger charge is 2.41. The van der Waals surface area contributed by atoms with Crippen molar-refractivity contribution < 1.29 is 32.3 Å². The smallest absolute Gasteiger partial charge is 0.453 e. The van der Waals surface area contributed by atoms with Crippen molar-refractivity contribution in [1.82, 2.24) is 0 Å². The fraction of sp³-hybridized carbons (Fsp3) is 0.423. The number of benzene rings is 2. The van der Waals surface area contributed by atoms with Crippen LogP contribution in [0.3, 0.4) is 0 Å². The van der Waals surface area contributed by atoms with E-state index in [9.17, 15) is 23.1 Å². The molecule has 1 aliphatic rings. The zero-order valence-electron chi connectivity index (χ0n) is 19.7. The molecule has 2 aromatic carbocycles. The summed E-state index contributed by atoms with van der Waals surface area (Å²) in [6.07, 6.45) is -2.98. The number of aromatic hydroxyl groups is 1. The number of hydrogen-bond donors (Lipinski definition) is 2. The van der Waals surface area contributed by atoms with Crippen molar-refractivity contribution in [3.05, 3.63) is 62.5 Å². The number of aryl methyl sites for hydroxylation is 2. The van der Waals surface area contributed by atoms with Crippen LogP contribution in [-0.2, 0) is 12.7 Å². The summed E-state index contributed by atoms with van der Waals surface area (Å²) in [5, 5.41) is 10.4. The molecule has 3 aromatic rings. The zero-order chi connectivity index (χ0) is 24.8. The number of likely N-dealkylation sites (tertiary alicyclic amines) is 1. The quantitative estimate of drug-likeness (QED) is 0.553. The van der Waals surface area contributed by atoms with Crippen molar-refractivity contribution in [3.63, 3.8) is 0 Å². The minimum atomic E-state index is -4.97. The molecule has 0 aliphatic carbocycles. The molecule has 2 N–H and O–H groups in total. The first kappa shape index (κ1) is 24.1. The van der Waals surface area contributed by atoms with E-state index < -0.39 is 23.1 Å². The molecule has 5 nitrogen and oxygen atoms in total. The average molecular weight is 477 g/mol. The van der Waals surface area contributed by atoms with Gasteiger partial charge in [-0.1, -0.05) is 13.0 Å². The van der Waals surface area contributed by atoms with E-state index in [2.05, 4.69) is 6.92 Å². The van der Waals surface area contributed by atoms with E-state index in [0.717, 1.165) is 42.0 Å². The van der Waals surface area contributed by atoms with Crippen LogP contribution in [0.25, 0.3) is 11.0 Å². The highest BCUT2D eigenvalue weighted by Crippen LogP contribution is 2.40. The van der Waals surface area contributed by atoms with Crippen molar-refractivity contribution in [2.75, 3.05) is 13.1 Å². The second-order valence-corrected chi connectivity index (χ2v) is 9.44. The van der Waals surface area contributed by atoms with Crippen LogP contribution in [0, 0.1) is 26.7 Å². The minimum absolute atomic E-state index is 0.0531. The largest absolute Gasteiger partial charge is 0.507 e. The molecule has 1 aromatic heterocycles. The fourth-order valence-electron chi connectivity index (χ4n) is 4.55. The molecule has 0 bridgehead atoms. The number of halogens is 3. The first-order valence-electron chi connectivity index (χ1n) is 11.4. The van der Waals surface area contributed by atoms with Gasteiger partial charge in [-0.25, -0.2) is 0 Å². The minimum Gasteiger partial charge on any atom is -0.507 e. The molecule has 0 spiro atoms. The number of rotatable bonds is 4. The Balaban J connectivity index is 1.87. The van der Waals surface area contributed by atoms with Gasteiger partial charge in [-0.2, -0.15) is 13.2 Å². The SMILES string of the molecule is Cc1cc(C)c(C)c(Oc2c(C(F)(F)F)oc3c(C[NH+]4CCC(C)CC4)c(O)ccc3c2=O)c1. The van der Waals surface area contributed by atoms with E-state index in [1.54, 1.807) is 19.9 Å². The molecule has 1 fully saturated rings. The van der Waals surface area contributed by atoms with E-state index in [4.69, 9.17) is 9.15 Å². The standard InChI is InChI=1S/C26H28F3NO4/c1-14-7-9-30(10-8-14)13-19-20(31)6-5-18-22(32)24(25(26(27,28)29)34-23(18)19)33-21-12-15(2)11-16(3)17(21)4/h5-6,11-12,14,31H,7-10,13H2,1-4H3/p+1. The number of hydrogen-bond acceptors (Lipinski definition) is 4. The fourth-order valence-corrected chi connectivity index (χ4v) is 4.55. The Morgan fingerprint density at radius 1 is 1.15 bits per heavy atom. The second kappa shape index (κ2) is 8.98. The highest BCUT2D eigenvalue weighted by molar-refractivity contribution is 5.83. The van der Waals surface area contributed by atoms with Crippen molar-refractivity contribution in [2.45, 2.75) is 53.3 Å². The lowest BCUT2D eigenvalue weighted by Gasteiger charge is -2.27. The van der Waals surface area contributed by atoms with Gasteiger partial charge in [0, 0.05) is 0 Å². The Morgan fingerprint density at radius 2 is 1.82 bits per heavy atom. The summed E-state index contributed by atoms with van der Waals surface area (Å²) in [4.78, 5) is 14.4. The van der Waals surface area contributed by atoms with Gasteiger partial charge in [-0.15, -0.1) is 0 Å². The van der Waals surface area contributed by atoms with E-state index in [-0.39, 0.29) is 34.6 Å². The molecule has 0 amide bonds. The number of phenolic OH excluding ortho intramolecular Hbond substituents is 1. The zero-order valence-corrected chi connectivity index (χ0v) is 19.7. The third-order valence-corrected chi connectivity index (χ3v) is 6.74. The summed E-state index contributed by atoms with van der Waals surface area (Å²) in [5.74, 6) is -1.83. The first-order valence-corrected chi connectivity index (χ1v) is 11.4. The molecule has 0 atom stereocenters. The molecule has 1 saturated heterocycles. The normalized spacial score (nSPS) is 18.9.